The molecule has 2 N–H and O–H groups in total. The van der Waals surface area contributed by atoms with Gasteiger partial charge in [-0.15, -0.1) is 11.8 Å². The number of thioether (sulfide) groups is 1. The highest BCUT2D eigenvalue weighted by Gasteiger charge is 2.34. The van der Waals surface area contributed by atoms with Crippen LogP contribution in [0.5, 0.6) is 0 Å². The van der Waals surface area contributed by atoms with Crippen molar-refractivity contribution in [2.24, 2.45) is 5.92 Å². The van der Waals surface area contributed by atoms with E-state index in [1.807, 2.05) is 30.5 Å². The molecule has 0 aliphatic carbocycles. The second-order valence-electron chi connectivity index (χ2n) is 5.34. The summed E-state index contributed by atoms with van der Waals surface area (Å²) < 4.78 is 4.85. The van der Waals surface area contributed by atoms with Crippen LogP contribution in [0.25, 0.3) is 0 Å². The summed E-state index contributed by atoms with van der Waals surface area (Å²) in [6.07, 6.45) is 2.16. The number of ether oxygens (including phenoxy) is 1. The quantitative estimate of drug-likeness (QED) is 0.535. The molecule has 1 aromatic rings. The Morgan fingerprint density at radius 2 is 2.08 bits per heavy atom. The predicted octanol–water partition coefficient (Wildman–Crippen LogP) is 0.979. The molecule has 7 nitrogen and oxygen atoms in total. The minimum Gasteiger partial charge on any atom is -0.480 e. The Balaban J connectivity index is 1.82. The van der Waals surface area contributed by atoms with Crippen molar-refractivity contribution in [2.75, 3.05) is 37.5 Å². The molecule has 1 aromatic carbocycles. The van der Waals surface area contributed by atoms with E-state index in [1.54, 1.807) is 16.7 Å². The molecule has 1 saturated heterocycles. The summed E-state index contributed by atoms with van der Waals surface area (Å²) >= 11 is 1.62. The van der Waals surface area contributed by atoms with Crippen LogP contribution in [0.15, 0.2) is 29.2 Å². The molecule has 2 amide bonds. The van der Waals surface area contributed by atoms with Gasteiger partial charge in [0.05, 0.1) is 12.5 Å². The summed E-state index contributed by atoms with van der Waals surface area (Å²) in [5.74, 6) is -1.75. The molecule has 1 heterocycles. The first-order chi connectivity index (χ1) is 11.5. The summed E-state index contributed by atoms with van der Waals surface area (Å²) in [5.41, 5.74) is 0.790. The number of hydrogen-bond acceptors (Lipinski definition) is 5. The summed E-state index contributed by atoms with van der Waals surface area (Å²) in [7, 11) is 0. The molecular weight excluding hydrogens is 332 g/mol. The number of carboxylic acid groups (broad SMARTS) is 1. The molecule has 0 radical (unpaired) electrons. The second kappa shape index (κ2) is 8.70. The first kappa shape index (κ1) is 18.3. The Morgan fingerprint density at radius 1 is 1.38 bits per heavy atom. The van der Waals surface area contributed by atoms with E-state index in [0.29, 0.717) is 6.54 Å². The second-order valence-corrected chi connectivity index (χ2v) is 6.22. The van der Waals surface area contributed by atoms with Crippen LogP contribution in [0.3, 0.4) is 0 Å². The molecule has 0 bridgehead atoms. The van der Waals surface area contributed by atoms with Crippen molar-refractivity contribution in [2.45, 2.75) is 11.3 Å². The van der Waals surface area contributed by atoms with Gasteiger partial charge in [-0.3, -0.25) is 9.59 Å². The SMILES string of the molecule is CSc1ccc(N2CC(C(=O)NCCOCC(=O)O)CC2=O)cc1. The number of benzene rings is 1. The van der Waals surface area contributed by atoms with Crippen molar-refractivity contribution in [3.8, 4) is 0 Å². The fourth-order valence-corrected chi connectivity index (χ4v) is 2.85. The Kier molecular flexibility index (Phi) is 6.62. The van der Waals surface area contributed by atoms with E-state index in [0.717, 1.165) is 10.6 Å². The normalized spacial score (nSPS) is 17.1. The van der Waals surface area contributed by atoms with E-state index in [1.165, 1.54) is 0 Å². The smallest absolute Gasteiger partial charge is 0.329 e. The fraction of sp³-hybridized carbons (Fsp3) is 0.438. The monoisotopic (exact) mass is 352 g/mol. The lowest BCUT2D eigenvalue weighted by atomic mass is 10.1. The van der Waals surface area contributed by atoms with Crippen molar-refractivity contribution < 1.29 is 24.2 Å². The maximum atomic E-state index is 12.1. The Labute approximate surface area is 144 Å². The van der Waals surface area contributed by atoms with Crippen LogP contribution in [0.4, 0.5) is 5.69 Å². The van der Waals surface area contributed by atoms with Gasteiger partial charge >= 0.3 is 5.97 Å². The minimum absolute atomic E-state index is 0.0748. The topological polar surface area (TPSA) is 95.9 Å². The number of amides is 2. The molecule has 0 saturated carbocycles. The number of nitrogens with zero attached hydrogens (tertiary/aromatic N) is 1. The van der Waals surface area contributed by atoms with E-state index in [2.05, 4.69) is 5.32 Å². The first-order valence-electron chi connectivity index (χ1n) is 7.53. The molecule has 1 fully saturated rings. The van der Waals surface area contributed by atoms with Crippen LogP contribution in [0.2, 0.25) is 0 Å². The zero-order valence-electron chi connectivity index (χ0n) is 13.4. The van der Waals surface area contributed by atoms with Crippen LogP contribution < -0.4 is 10.2 Å². The maximum Gasteiger partial charge on any atom is 0.329 e. The molecule has 1 aliphatic rings. The molecule has 8 heteroatoms. The Hall–Kier alpha value is -2.06. The third-order valence-corrected chi connectivity index (χ3v) is 4.39. The molecule has 130 valence electrons. The number of hydrogen-bond donors (Lipinski definition) is 2. The largest absolute Gasteiger partial charge is 0.480 e. The van der Waals surface area contributed by atoms with E-state index >= 15 is 0 Å². The van der Waals surface area contributed by atoms with Crippen LogP contribution in [-0.2, 0) is 19.1 Å². The van der Waals surface area contributed by atoms with Crippen molar-refractivity contribution in [1.82, 2.24) is 5.32 Å². The summed E-state index contributed by atoms with van der Waals surface area (Å²) in [5, 5.41) is 11.1. The lowest BCUT2D eigenvalue weighted by Crippen LogP contribution is -2.35. The van der Waals surface area contributed by atoms with Crippen molar-refractivity contribution in [1.29, 1.82) is 0 Å². The lowest BCUT2D eigenvalue weighted by Gasteiger charge is -2.17. The summed E-state index contributed by atoms with van der Waals surface area (Å²) in [4.78, 5) is 37.3. The predicted molar refractivity (Wildman–Crippen MR) is 90.1 cm³/mol. The lowest BCUT2D eigenvalue weighted by molar-refractivity contribution is -0.142. The van der Waals surface area contributed by atoms with Crippen LogP contribution in [-0.4, -0.2) is 55.4 Å². The third kappa shape index (κ3) is 4.97. The molecule has 24 heavy (non-hydrogen) atoms. The first-order valence-corrected chi connectivity index (χ1v) is 8.75. The highest BCUT2D eigenvalue weighted by Crippen LogP contribution is 2.27. The summed E-state index contributed by atoms with van der Waals surface area (Å²) in [6, 6.07) is 7.65. The van der Waals surface area contributed by atoms with Gasteiger partial charge < -0.3 is 20.1 Å². The molecule has 2 rings (SSSR count). The number of anilines is 1. The van der Waals surface area contributed by atoms with Gasteiger partial charge in [-0.1, -0.05) is 0 Å². The molecule has 0 spiro atoms. The van der Waals surface area contributed by atoms with Crippen LogP contribution >= 0.6 is 11.8 Å². The number of carbonyl (C=O) groups excluding carboxylic acids is 2. The molecule has 0 aromatic heterocycles. The van der Waals surface area contributed by atoms with Crippen molar-refractivity contribution in [3.05, 3.63) is 24.3 Å². The van der Waals surface area contributed by atoms with Gasteiger partial charge in [0.15, 0.2) is 0 Å². The molecule has 1 unspecified atom stereocenters. The standard InChI is InChI=1S/C16H20N2O5S/c1-24-13-4-2-12(3-5-13)18-9-11(8-14(18)19)16(22)17-6-7-23-10-15(20)21/h2-5,11H,6-10H2,1H3,(H,17,22)(H,20,21). The van der Waals surface area contributed by atoms with E-state index in [9.17, 15) is 14.4 Å². The molecular formula is C16H20N2O5S. The Morgan fingerprint density at radius 3 is 2.71 bits per heavy atom. The number of rotatable bonds is 8. The van der Waals surface area contributed by atoms with Gasteiger partial charge in [0.2, 0.25) is 11.8 Å². The highest BCUT2D eigenvalue weighted by molar-refractivity contribution is 7.98. The van der Waals surface area contributed by atoms with Crippen LogP contribution in [0, 0.1) is 5.92 Å². The minimum atomic E-state index is -1.05. The van der Waals surface area contributed by atoms with E-state index in [4.69, 9.17) is 9.84 Å². The fourth-order valence-electron chi connectivity index (χ4n) is 2.45. The molecule has 1 atom stereocenters. The average Bonchev–Trinajstić information content (AvgIpc) is 2.96. The van der Waals surface area contributed by atoms with Gasteiger partial charge in [-0.05, 0) is 30.5 Å². The van der Waals surface area contributed by atoms with Gasteiger partial charge in [-0.25, -0.2) is 4.79 Å². The average molecular weight is 352 g/mol. The number of carboxylic acids is 1. The highest BCUT2D eigenvalue weighted by atomic mass is 32.2. The third-order valence-electron chi connectivity index (χ3n) is 3.65. The van der Waals surface area contributed by atoms with E-state index in [-0.39, 0.29) is 31.4 Å². The van der Waals surface area contributed by atoms with Crippen LogP contribution in [0.1, 0.15) is 6.42 Å². The maximum absolute atomic E-state index is 12.1. The number of aliphatic carboxylic acids is 1. The van der Waals surface area contributed by atoms with Gasteiger partial charge in [0.1, 0.15) is 6.61 Å². The summed E-state index contributed by atoms with van der Waals surface area (Å²) in [6.45, 7) is 0.300. The van der Waals surface area contributed by atoms with Gasteiger partial charge in [-0.2, -0.15) is 0 Å². The number of carbonyl (C=O) groups is 3. The van der Waals surface area contributed by atoms with Gasteiger partial charge in [0, 0.05) is 30.1 Å². The zero-order chi connectivity index (χ0) is 17.5. The molecule has 1 aliphatic heterocycles. The zero-order valence-corrected chi connectivity index (χ0v) is 14.2. The Bertz CT molecular complexity index is 605. The number of nitrogens with one attached hydrogen (secondary N) is 1. The van der Waals surface area contributed by atoms with Crippen molar-refractivity contribution >= 4 is 35.2 Å². The van der Waals surface area contributed by atoms with Crippen molar-refractivity contribution in [3.63, 3.8) is 0 Å². The van der Waals surface area contributed by atoms with Gasteiger partial charge in [0.25, 0.3) is 0 Å². The van der Waals surface area contributed by atoms with E-state index < -0.39 is 18.5 Å².